The highest BCUT2D eigenvalue weighted by Gasteiger charge is 2.57. The second kappa shape index (κ2) is 10.8. The van der Waals surface area contributed by atoms with Gasteiger partial charge in [0.05, 0.1) is 44.0 Å². The molecule has 39 heavy (non-hydrogen) atoms. The second-order valence-corrected chi connectivity index (χ2v) is 14.8. The minimum atomic E-state index is -5.30. The molecule has 0 bridgehead atoms. The van der Waals surface area contributed by atoms with Crippen molar-refractivity contribution in [3.05, 3.63) is 52.5 Å². The minimum Gasteiger partial charge on any atom is -0.507 e. The van der Waals surface area contributed by atoms with Crippen LogP contribution < -0.4 is 10.2 Å². The molecule has 216 valence electrons. The molecule has 1 saturated heterocycles. The summed E-state index contributed by atoms with van der Waals surface area (Å²) in [7, 11) is -7.49. The molecule has 1 heterocycles. The average Bonchev–Trinajstić information content (AvgIpc) is 2.82. The number of anilines is 1. The maximum absolute atomic E-state index is 14.1. The Morgan fingerprint density at radius 1 is 1.10 bits per heavy atom. The van der Waals surface area contributed by atoms with E-state index in [1.165, 1.54) is 30.9 Å². The number of benzene rings is 2. The van der Waals surface area contributed by atoms with Crippen molar-refractivity contribution in [1.29, 1.82) is 0 Å². The number of sulfone groups is 2. The van der Waals surface area contributed by atoms with Gasteiger partial charge in [0.25, 0.3) is 5.91 Å². The number of hydrogen-bond acceptors (Lipinski definition) is 8. The summed E-state index contributed by atoms with van der Waals surface area (Å²) < 4.78 is 92.6. The molecule has 0 saturated carbocycles. The Morgan fingerprint density at radius 3 is 2.18 bits per heavy atom. The number of rotatable bonds is 7. The summed E-state index contributed by atoms with van der Waals surface area (Å²) in [6.07, 6.45) is -5.30. The van der Waals surface area contributed by atoms with Crippen LogP contribution in [0.4, 0.5) is 18.9 Å². The Morgan fingerprint density at radius 2 is 1.67 bits per heavy atom. The molecule has 1 fully saturated rings. The van der Waals surface area contributed by atoms with E-state index in [1.807, 2.05) is 0 Å². The van der Waals surface area contributed by atoms with Gasteiger partial charge in [0.1, 0.15) is 5.75 Å². The fourth-order valence-electron chi connectivity index (χ4n) is 4.06. The summed E-state index contributed by atoms with van der Waals surface area (Å²) in [4.78, 5) is 14.0. The van der Waals surface area contributed by atoms with Gasteiger partial charge in [-0.2, -0.15) is 13.2 Å². The lowest BCUT2D eigenvalue weighted by Gasteiger charge is -2.37. The number of phenolic OH excluding ortho intramolecular Hbond substituents is 1. The van der Waals surface area contributed by atoms with Gasteiger partial charge in [0.2, 0.25) is 0 Å². The minimum absolute atomic E-state index is 0.184. The summed E-state index contributed by atoms with van der Waals surface area (Å²) in [5.74, 6) is -2.38. The van der Waals surface area contributed by atoms with Gasteiger partial charge in [-0.1, -0.05) is 29.8 Å². The van der Waals surface area contributed by atoms with Crippen molar-refractivity contribution < 1.29 is 45.0 Å². The number of halogens is 4. The van der Waals surface area contributed by atoms with Crippen LogP contribution in [0.3, 0.4) is 0 Å². The van der Waals surface area contributed by atoms with Gasteiger partial charge in [-0.05, 0) is 44.5 Å². The quantitative estimate of drug-likeness (QED) is 0.433. The monoisotopic (exact) mass is 612 g/mol. The average molecular weight is 613 g/mol. The molecule has 2 unspecified atom stereocenters. The SMILES string of the molecule is CC(C)S(=O)(=O)c1ccc(C(NC(=O)c2ccccc2O)C(C)(O)C(F)(F)F)c(Cl)c1N1CCS(=O)(=O)CC1. The van der Waals surface area contributed by atoms with Crippen LogP contribution in [0.25, 0.3) is 0 Å². The predicted molar refractivity (Wildman–Crippen MR) is 140 cm³/mol. The van der Waals surface area contributed by atoms with E-state index >= 15 is 0 Å². The van der Waals surface area contributed by atoms with Gasteiger partial charge in [-0.25, -0.2) is 16.8 Å². The van der Waals surface area contributed by atoms with E-state index in [0.717, 1.165) is 24.3 Å². The van der Waals surface area contributed by atoms with Crippen molar-refractivity contribution in [2.75, 3.05) is 29.5 Å². The molecule has 3 rings (SSSR count). The van der Waals surface area contributed by atoms with E-state index < -0.39 is 65.0 Å². The summed E-state index contributed by atoms with van der Waals surface area (Å²) in [6.45, 7) is 2.84. The number of hydrogen-bond donors (Lipinski definition) is 3. The number of nitrogens with one attached hydrogen (secondary N) is 1. The van der Waals surface area contributed by atoms with Crippen molar-refractivity contribution in [3.63, 3.8) is 0 Å². The Bertz CT molecular complexity index is 1460. The van der Waals surface area contributed by atoms with E-state index in [-0.39, 0.29) is 40.7 Å². The van der Waals surface area contributed by atoms with Gasteiger partial charge in [0, 0.05) is 13.1 Å². The first-order valence-electron chi connectivity index (χ1n) is 11.7. The normalized spacial score (nSPS) is 18.4. The number of para-hydroxylation sites is 1. The van der Waals surface area contributed by atoms with Gasteiger partial charge in [-0.15, -0.1) is 0 Å². The number of nitrogens with zero attached hydrogens (tertiary/aromatic N) is 1. The van der Waals surface area contributed by atoms with Gasteiger partial charge < -0.3 is 20.4 Å². The highest BCUT2D eigenvalue weighted by atomic mass is 35.5. The van der Waals surface area contributed by atoms with Crippen LogP contribution in [0.15, 0.2) is 41.3 Å². The molecule has 2 aromatic rings. The number of carbonyl (C=O) groups is 1. The maximum atomic E-state index is 14.1. The number of carbonyl (C=O) groups excluding carboxylic acids is 1. The molecular weight excluding hydrogens is 585 g/mol. The van der Waals surface area contributed by atoms with E-state index in [9.17, 15) is 45.0 Å². The first kappa shape index (κ1) is 31.0. The van der Waals surface area contributed by atoms with Crippen molar-refractivity contribution in [1.82, 2.24) is 5.32 Å². The molecule has 2 atom stereocenters. The maximum Gasteiger partial charge on any atom is 0.419 e. The molecule has 1 aliphatic heterocycles. The lowest BCUT2D eigenvalue weighted by atomic mass is 9.88. The molecule has 3 N–H and O–H groups in total. The molecule has 0 aromatic heterocycles. The van der Waals surface area contributed by atoms with Gasteiger partial charge in [-0.3, -0.25) is 4.79 Å². The molecule has 2 aromatic carbocycles. The van der Waals surface area contributed by atoms with E-state index in [0.29, 0.717) is 6.92 Å². The van der Waals surface area contributed by atoms with E-state index in [4.69, 9.17) is 11.6 Å². The summed E-state index contributed by atoms with van der Waals surface area (Å²) in [5.41, 5.74) is -4.68. The van der Waals surface area contributed by atoms with Crippen LogP contribution in [0.2, 0.25) is 5.02 Å². The fourth-order valence-corrected chi connectivity index (χ4v) is 6.98. The third-order valence-electron chi connectivity index (χ3n) is 6.57. The predicted octanol–water partition coefficient (Wildman–Crippen LogP) is 3.25. The van der Waals surface area contributed by atoms with Crippen LogP contribution >= 0.6 is 11.6 Å². The standard InChI is InChI=1S/C24H28ClF3N2O7S2/c1-14(2)39(36,37)18-9-8-16(19(25)20(18)30-10-12-38(34,35)13-11-30)21(23(3,33)24(26,27)28)29-22(32)15-6-4-5-7-17(15)31/h4-9,14,21,31,33H,10-13H2,1-3H3,(H,29,32). The summed E-state index contributed by atoms with van der Waals surface area (Å²) in [5, 5.41) is 21.3. The number of amides is 1. The summed E-state index contributed by atoms with van der Waals surface area (Å²) >= 11 is 6.61. The van der Waals surface area contributed by atoms with Crippen molar-refractivity contribution >= 4 is 42.9 Å². The molecular formula is C24H28ClF3N2O7S2. The van der Waals surface area contributed by atoms with Crippen LogP contribution in [0, 0.1) is 0 Å². The Kier molecular flexibility index (Phi) is 8.57. The van der Waals surface area contributed by atoms with Crippen LogP contribution in [-0.2, 0) is 19.7 Å². The molecule has 1 aliphatic rings. The largest absolute Gasteiger partial charge is 0.507 e. The van der Waals surface area contributed by atoms with Crippen LogP contribution in [0.5, 0.6) is 5.75 Å². The lowest BCUT2D eigenvalue weighted by molar-refractivity contribution is -0.263. The fraction of sp³-hybridized carbons (Fsp3) is 0.458. The molecule has 15 heteroatoms. The van der Waals surface area contributed by atoms with E-state index in [1.54, 1.807) is 0 Å². The highest BCUT2D eigenvalue weighted by Crippen LogP contribution is 2.46. The highest BCUT2D eigenvalue weighted by molar-refractivity contribution is 7.92. The lowest BCUT2D eigenvalue weighted by Crippen LogP contribution is -2.53. The third kappa shape index (κ3) is 6.13. The number of phenols is 1. The zero-order chi connectivity index (χ0) is 29.6. The molecule has 0 spiro atoms. The van der Waals surface area contributed by atoms with Crippen molar-refractivity contribution in [2.45, 2.75) is 48.7 Å². The number of alkyl halides is 3. The van der Waals surface area contributed by atoms with Crippen molar-refractivity contribution in [3.8, 4) is 5.75 Å². The summed E-state index contributed by atoms with van der Waals surface area (Å²) in [6, 6.07) is 4.80. The Hall–Kier alpha value is -2.55. The molecule has 1 amide bonds. The molecule has 0 radical (unpaired) electrons. The Balaban J connectivity index is 2.26. The van der Waals surface area contributed by atoms with Gasteiger partial charge in [0.15, 0.2) is 25.3 Å². The zero-order valence-corrected chi connectivity index (χ0v) is 23.5. The van der Waals surface area contributed by atoms with Crippen LogP contribution in [-0.4, -0.2) is 74.6 Å². The number of aliphatic hydroxyl groups is 1. The molecule has 0 aliphatic carbocycles. The first-order valence-corrected chi connectivity index (χ1v) is 15.5. The van der Waals surface area contributed by atoms with E-state index in [2.05, 4.69) is 5.32 Å². The van der Waals surface area contributed by atoms with Crippen molar-refractivity contribution in [2.24, 2.45) is 0 Å². The van der Waals surface area contributed by atoms with Crippen LogP contribution in [0.1, 0.15) is 42.7 Å². The smallest absolute Gasteiger partial charge is 0.419 e. The zero-order valence-electron chi connectivity index (χ0n) is 21.2. The Labute approximate surface area is 229 Å². The number of aromatic hydroxyl groups is 1. The third-order valence-corrected chi connectivity index (χ3v) is 10.8. The topological polar surface area (TPSA) is 141 Å². The second-order valence-electron chi connectivity index (χ2n) is 9.62. The molecule has 9 nitrogen and oxygen atoms in total. The van der Waals surface area contributed by atoms with Gasteiger partial charge >= 0.3 is 6.18 Å². The first-order chi connectivity index (χ1) is 17.8.